The van der Waals surface area contributed by atoms with Crippen molar-refractivity contribution in [2.24, 2.45) is 5.92 Å². The molecule has 0 unspecified atom stereocenters. The number of hydrogen-bond donors (Lipinski definition) is 0. The Balaban J connectivity index is 2.12. The Morgan fingerprint density at radius 1 is 1.38 bits per heavy atom. The first-order chi connectivity index (χ1) is 7.50. The van der Waals surface area contributed by atoms with Crippen LogP contribution in [0.4, 0.5) is 23.4 Å². The second-order valence-electron chi connectivity index (χ2n) is 3.83. The molecule has 1 aromatic heterocycles. The third-order valence-electron chi connectivity index (χ3n) is 2.57. The Bertz CT molecular complexity index is 371. The summed E-state index contributed by atoms with van der Waals surface area (Å²) in [6.07, 6.45) is -3.23. The Morgan fingerprint density at radius 2 is 2.06 bits per heavy atom. The van der Waals surface area contributed by atoms with Gasteiger partial charge in [0.05, 0.1) is 12.2 Å². The lowest BCUT2D eigenvalue weighted by molar-refractivity contribution is -0.137. The normalized spacial score (nSPS) is 17.4. The van der Waals surface area contributed by atoms with Crippen LogP contribution in [0.3, 0.4) is 0 Å². The van der Waals surface area contributed by atoms with Crippen LogP contribution in [-0.4, -0.2) is 24.7 Å². The molecule has 1 aliphatic heterocycles. The first-order valence-corrected chi connectivity index (χ1v) is 4.85. The van der Waals surface area contributed by atoms with Gasteiger partial charge in [0.2, 0.25) is 0 Å². The number of halogens is 4. The average molecular weight is 234 g/mol. The molecule has 0 aromatic carbocycles. The molecule has 1 aromatic rings. The molecule has 6 heteroatoms. The molecular weight excluding hydrogens is 224 g/mol. The third kappa shape index (κ3) is 2.10. The van der Waals surface area contributed by atoms with Crippen LogP contribution in [0.2, 0.25) is 0 Å². The minimum Gasteiger partial charge on any atom is -0.356 e. The Hall–Kier alpha value is -1.33. The van der Waals surface area contributed by atoms with E-state index in [9.17, 15) is 17.6 Å². The minimum absolute atomic E-state index is 0.0728. The molecule has 1 saturated heterocycles. The van der Waals surface area contributed by atoms with Gasteiger partial charge in [-0.2, -0.15) is 13.2 Å². The second-order valence-corrected chi connectivity index (χ2v) is 3.83. The van der Waals surface area contributed by atoms with E-state index in [0.29, 0.717) is 13.1 Å². The Labute approximate surface area is 89.9 Å². The van der Waals surface area contributed by atoms with Crippen molar-refractivity contribution >= 4 is 5.82 Å². The quantitative estimate of drug-likeness (QED) is 0.731. The number of anilines is 1. The van der Waals surface area contributed by atoms with Crippen LogP contribution in [-0.2, 0) is 6.18 Å². The van der Waals surface area contributed by atoms with Crippen LogP contribution < -0.4 is 4.90 Å². The van der Waals surface area contributed by atoms with Crippen molar-refractivity contribution in [3.8, 4) is 0 Å². The van der Waals surface area contributed by atoms with Gasteiger partial charge in [0.25, 0.3) is 0 Å². The summed E-state index contributed by atoms with van der Waals surface area (Å²) in [6, 6.07) is 1.92. The summed E-state index contributed by atoms with van der Waals surface area (Å²) >= 11 is 0. The minimum atomic E-state index is -4.36. The highest BCUT2D eigenvalue weighted by molar-refractivity contribution is 5.44. The number of alkyl halides is 4. The first-order valence-electron chi connectivity index (χ1n) is 4.85. The van der Waals surface area contributed by atoms with Crippen LogP contribution >= 0.6 is 0 Å². The van der Waals surface area contributed by atoms with Gasteiger partial charge in [-0.15, -0.1) is 0 Å². The molecule has 2 rings (SSSR count). The highest BCUT2D eigenvalue weighted by Gasteiger charge is 2.33. The van der Waals surface area contributed by atoms with E-state index in [1.165, 1.54) is 0 Å². The van der Waals surface area contributed by atoms with E-state index in [0.717, 1.165) is 18.3 Å². The molecule has 1 fully saturated rings. The fourth-order valence-electron chi connectivity index (χ4n) is 1.62. The van der Waals surface area contributed by atoms with E-state index in [1.807, 2.05) is 0 Å². The maximum absolute atomic E-state index is 12.4. The molecule has 0 N–H and O–H groups in total. The number of nitrogens with zero attached hydrogens (tertiary/aromatic N) is 2. The molecule has 2 nitrogen and oxygen atoms in total. The fraction of sp³-hybridized carbons (Fsp3) is 0.500. The zero-order chi connectivity index (χ0) is 11.8. The van der Waals surface area contributed by atoms with Gasteiger partial charge in [0.1, 0.15) is 5.82 Å². The van der Waals surface area contributed by atoms with Gasteiger partial charge < -0.3 is 4.90 Å². The molecule has 0 atom stereocenters. The van der Waals surface area contributed by atoms with E-state index in [4.69, 9.17) is 0 Å². The molecular formula is C10H10F4N2. The summed E-state index contributed by atoms with van der Waals surface area (Å²) in [5.41, 5.74) is -0.721. The van der Waals surface area contributed by atoms with Crippen LogP contribution in [0.25, 0.3) is 0 Å². The lowest BCUT2D eigenvalue weighted by atomic mass is 10.0. The first kappa shape index (κ1) is 11.2. The van der Waals surface area contributed by atoms with Gasteiger partial charge in [0, 0.05) is 25.2 Å². The van der Waals surface area contributed by atoms with Crippen molar-refractivity contribution < 1.29 is 17.6 Å². The summed E-state index contributed by atoms with van der Waals surface area (Å²) in [5.74, 6) is 0.191. The van der Waals surface area contributed by atoms with Gasteiger partial charge in [-0.25, -0.2) is 4.98 Å². The molecule has 0 bridgehead atoms. The molecule has 1 aliphatic rings. The topological polar surface area (TPSA) is 16.1 Å². The highest BCUT2D eigenvalue weighted by atomic mass is 19.4. The van der Waals surface area contributed by atoms with Crippen molar-refractivity contribution in [2.45, 2.75) is 6.18 Å². The van der Waals surface area contributed by atoms with Crippen LogP contribution in [0.5, 0.6) is 0 Å². The number of rotatable bonds is 2. The fourth-order valence-corrected chi connectivity index (χ4v) is 1.62. The highest BCUT2D eigenvalue weighted by Crippen LogP contribution is 2.32. The maximum atomic E-state index is 12.4. The smallest absolute Gasteiger partial charge is 0.356 e. The molecule has 0 aliphatic carbocycles. The molecule has 0 saturated carbocycles. The van der Waals surface area contributed by atoms with Crippen molar-refractivity contribution in [2.75, 3.05) is 24.7 Å². The van der Waals surface area contributed by atoms with E-state index in [-0.39, 0.29) is 11.7 Å². The van der Waals surface area contributed by atoms with Crippen molar-refractivity contribution in [3.63, 3.8) is 0 Å². The summed E-state index contributed by atoms with van der Waals surface area (Å²) in [4.78, 5) is 5.49. The molecule has 88 valence electrons. The standard InChI is InChI=1S/C10H10F4N2/c11-4-7-5-16(6-7)9-3-8(1-2-15-9)10(12,13)14/h1-3,7H,4-6H2. The van der Waals surface area contributed by atoms with E-state index < -0.39 is 18.4 Å². The van der Waals surface area contributed by atoms with Crippen molar-refractivity contribution in [1.82, 2.24) is 4.98 Å². The molecule has 0 radical (unpaired) electrons. The van der Waals surface area contributed by atoms with Crippen molar-refractivity contribution in [1.29, 1.82) is 0 Å². The average Bonchev–Trinajstić information content (AvgIpc) is 2.15. The number of pyridine rings is 1. The monoisotopic (exact) mass is 234 g/mol. The molecule has 16 heavy (non-hydrogen) atoms. The van der Waals surface area contributed by atoms with Crippen LogP contribution in [0.1, 0.15) is 5.56 Å². The SMILES string of the molecule is FCC1CN(c2cc(C(F)(F)F)ccn2)C1. The van der Waals surface area contributed by atoms with E-state index in [2.05, 4.69) is 4.98 Å². The van der Waals surface area contributed by atoms with Gasteiger partial charge in [-0.05, 0) is 12.1 Å². The van der Waals surface area contributed by atoms with Crippen LogP contribution in [0.15, 0.2) is 18.3 Å². The van der Waals surface area contributed by atoms with Crippen molar-refractivity contribution in [3.05, 3.63) is 23.9 Å². The zero-order valence-electron chi connectivity index (χ0n) is 8.34. The van der Waals surface area contributed by atoms with E-state index in [1.54, 1.807) is 4.90 Å². The maximum Gasteiger partial charge on any atom is 0.416 e. The lowest BCUT2D eigenvalue weighted by Crippen LogP contribution is -2.48. The predicted octanol–water partition coefficient (Wildman–Crippen LogP) is 2.51. The largest absolute Gasteiger partial charge is 0.416 e. The van der Waals surface area contributed by atoms with Gasteiger partial charge in [-0.3, -0.25) is 4.39 Å². The van der Waals surface area contributed by atoms with Gasteiger partial charge >= 0.3 is 6.18 Å². The summed E-state index contributed by atoms with van der Waals surface area (Å²) in [5, 5.41) is 0. The summed E-state index contributed by atoms with van der Waals surface area (Å²) < 4.78 is 49.3. The number of hydrogen-bond acceptors (Lipinski definition) is 2. The van der Waals surface area contributed by atoms with Gasteiger partial charge in [0.15, 0.2) is 0 Å². The Morgan fingerprint density at radius 3 is 2.62 bits per heavy atom. The molecule has 0 spiro atoms. The molecule has 0 amide bonds. The summed E-state index contributed by atoms with van der Waals surface area (Å²) in [7, 11) is 0. The summed E-state index contributed by atoms with van der Waals surface area (Å²) in [6.45, 7) is 0.436. The van der Waals surface area contributed by atoms with Gasteiger partial charge in [-0.1, -0.05) is 0 Å². The van der Waals surface area contributed by atoms with Crippen LogP contribution in [0, 0.1) is 5.92 Å². The predicted molar refractivity (Wildman–Crippen MR) is 50.9 cm³/mol. The second kappa shape index (κ2) is 3.92. The zero-order valence-corrected chi connectivity index (χ0v) is 8.34. The third-order valence-corrected chi connectivity index (χ3v) is 2.57. The lowest BCUT2D eigenvalue weighted by Gasteiger charge is -2.38. The number of aromatic nitrogens is 1. The Kier molecular flexibility index (Phi) is 2.73. The van der Waals surface area contributed by atoms with E-state index >= 15 is 0 Å². The molecule has 2 heterocycles.